The number of anilines is 2. The second kappa shape index (κ2) is 9.65. The summed E-state index contributed by atoms with van der Waals surface area (Å²) in [5.41, 5.74) is 5.31. The fourth-order valence-corrected chi connectivity index (χ4v) is 5.45. The highest BCUT2D eigenvalue weighted by Gasteiger charge is 2.38. The first kappa shape index (κ1) is 23.7. The normalized spacial score (nSPS) is 20.4. The molecule has 3 aromatic rings. The van der Waals surface area contributed by atoms with Crippen LogP contribution in [0.1, 0.15) is 48.6 Å². The first-order valence-electron chi connectivity index (χ1n) is 13.3. The first-order valence-corrected chi connectivity index (χ1v) is 13.3. The first-order chi connectivity index (χ1) is 18.0. The highest BCUT2D eigenvalue weighted by molar-refractivity contribution is 6.00. The molecule has 8 nitrogen and oxygen atoms in total. The molecule has 0 bridgehead atoms. The van der Waals surface area contributed by atoms with E-state index in [0.717, 1.165) is 54.3 Å². The Balaban J connectivity index is 1.04. The fraction of sp³-hybridized carbons (Fsp3) is 0.448. The number of carbonyl (C=O) groups is 2. The number of carbonyl (C=O) groups excluding carboxylic acids is 2. The van der Waals surface area contributed by atoms with Crippen molar-refractivity contribution in [1.29, 1.82) is 0 Å². The number of aromatic nitrogens is 2. The van der Waals surface area contributed by atoms with Gasteiger partial charge in [-0.3, -0.25) is 9.59 Å². The van der Waals surface area contributed by atoms with E-state index in [-0.39, 0.29) is 24.2 Å². The maximum Gasteiger partial charge on any atom is 0.230 e. The quantitative estimate of drug-likeness (QED) is 0.520. The predicted octanol–water partition coefficient (Wildman–Crippen LogP) is 4.32. The van der Waals surface area contributed by atoms with Crippen LogP contribution >= 0.6 is 0 Å². The van der Waals surface area contributed by atoms with E-state index in [4.69, 9.17) is 4.52 Å². The third kappa shape index (κ3) is 4.61. The average molecular weight is 500 g/mol. The highest BCUT2D eigenvalue weighted by Crippen LogP contribution is 2.36. The lowest BCUT2D eigenvalue weighted by atomic mass is 9.85. The molecule has 1 aromatic heterocycles. The van der Waals surface area contributed by atoms with Crippen LogP contribution in [0.5, 0.6) is 0 Å². The Morgan fingerprint density at radius 2 is 1.68 bits per heavy atom. The van der Waals surface area contributed by atoms with Crippen molar-refractivity contribution in [1.82, 2.24) is 15.0 Å². The lowest BCUT2D eigenvalue weighted by Crippen LogP contribution is -2.50. The van der Waals surface area contributed by atoms with E-state index in [1.165, 1.54) is 12.0 Å². The predicted molar refractivity (Wildman–Crippen MR) is 141 cm³/mol. The molecule has 1 aliphatic carbocycles. The summed E-state index contributed by atoms with van der Waals surface area (Å²) < 4.78 is 5.46. The standard InChI is InChI=1S/C29H33N5O3/c1-19-6-9-25(16-20(19)2)34-18-23(17-26(34)35)29(36)33-14-12-32(13-15-33)24-10-7-21(8-11-24)27-30-28(37-31-27)22-4-3-5-22/h6-11,16,22-23H,3-5,12-15,17-18H2,1-2H3/t23-/m0/s1. The molecular weight excluding hydrogens is 466 g/mol. The molecule has 0 unspecified atom stereocenters. The number of rotatable bonds is 5. The highest BCUT2D eigenvalue weighted by atomic mass is 16.5. The molecule has 37 heavy (non-hydrogen) atoms. The zero-order valence-electron chi connectivity index (χ0n) is 21.5. The summed E-state index contributed by atoms with van der Waals surface area (Å²) in [5.74, 6) is 1.67. The van der Waals surface area contributed by atoms with Crippen molar-refractivity contribution in [3.8, 4) is 11.4 Å². The Morgan fingerprint density at radius 1 is 0.946 bits per heavy atom. The molecule has 1 saturated carbocycles. The number of benzene rings is 2. The summed E-state index contributed by atoms with van der Waals surface area (Å²) in [4.78, 5) is 36.6. The molecule has 2 saturated heterocycles. The molecule has 3 fully saturated rings. The molecular formula is C29H33N5O3. The number of piperazine rings is 1. The van der Waals surface area contributed by atoms with Crippen molar-refractivity contribution in [3.05, 3.63) is 59.5 Å². The Labute approximate surface area is 217 Å². The van der Waals surface area contributed by atoms with E-state index in [0.29, 0.717) is 31.4 Å². The molecule has 0 N–H and O–H groups in total. The van der Waals surface area contributed by atoms with Crippen molar-refractivity contribution in [2.45, 2.75) is 45.4 Å². The molecule has 3 heterocycles. The minimum Gasteiger partial charge on any atom is -0.368 e. The van der Waals surface area contributed by atoms with Gasteiger partial charge in [-0.2, -0.15) is 4.98 Å². The largest absolute Gasteiger partial charge is 0.368 e. The van der Waals surface area contributed by atoms with Crippen molar-refractivity contribution in [3.63, 3.8) is 0 Å². The molecule has 2 aliphatic heterocycles. The second-order valence-electron chi connectivity index (χ2n) is 10.6. The summed E-state index contributed by atoms with van der Waals surface area (Å²) in [6.07, 6.45) is 3.79. The van der Waals surface area contributed by atoms with E-state index in [2.05, 4.69) is 34.1 Å². The van der Waals surface area contributed by atoms with Crippen LogP contribution in [0.2, 0.25) is 0 Å². The van der Waals surface area contributed by atoms with Gasteiger partial charge in [0.1, 0.15) is 0 Å². The summed E-state index contributed by atoms with van der Waals surface area (Å²) in [6, 6.07) is 14.3. The van der Waals surface area contributed by atoms with Crippen molar-refractivity contribution < 1.29 is 14.1 Å². The summed E-state index contributed by atoms with van der Waals surface area (Å²) in [5, 5.41) is 4.17. The van der Waals surface area contributed by atoms with Crippen LogP contribution in [-0.4, -0.2) is 59.6 Å². The lowest BCUT2D eigenvalue weighted by Gasteiger charge is -2.37. The van der Waals surface area contributed by atoms with Crippen LogP contribution in [0.3, 0.4) is 0 Å². The molecule has 3 aliphatic rings. The van der Waals surface area contributed by atoms with Crippen molar-refractivity contribution in [2.24, 2.45) is 5.92 Å². The van der Waals surface area contributed by atoms with Crippen LogP contribution in [0.25, 0.3) is 11.4 Å². The van der Waals surface area contributed by atoms with Gasteiger partial charge in [-0.1, -0.05) is 17.6 Å². The van der Waals surface area contributed by atoms with Gasteiger partial charge >= 0.3 is 0 Å². The zero-order valence-corrected chi connectivity index (χ0v) is 21.5. The molecule has 2 aromatic carbocycles. The van der Waals surface area contributed by atoms with Gasteiger partial charge in [0.2, 0.25) is 23.5 Å². The topological polar surface area (TPSA) is 82.8 Å². The lowest BCUT2D eigenvalue weighted by molar-refractivity contribution is -0.136. The molecule has 8 heteroatoms. The van der Waals surface area contributed by atoms with E-state index >= 15 is 0 Å². The van der Waals surface area contributed by atoms with E-state index < -0.39 is 0 Å². The van der Waals surface area contributed by atoms with Gasteiger partial charge in [0.25, 0.3) is 0 Å². The zero-order chi connectivity index (χ0) is 25.5. The van der Waals surface area contributed by atoms with Gasteiger partial charge in [0, 0.05) is 62.0 Å². The molecule has 192 valence electrons. The summed E-state index contributed by atoms with van der Waals surface area (Å²) in [7, 11) is 0. The van der Waals surface area contributed by atoms with Crippen molar-refractivity contribution >= 4 is 23.2 Å². The smallest absolute Gasteiger partial charge is 0.230 e. The van der Waals surface area contributed by atoms with E-state index in [1.807, 2.05) is 42.2 Å². The average Bonchev–Trinajstić information content (AvgIpc) is 3.52. The number of nitrogens with zero attached hydrogens (tertiary/aromatic N) is 5. The minimum atomic E-state index is -0.278. The van der Waals surface area contributed by atoms with Gasteiger partial charge in [-0.05, 0) is 74.2 Å². The van der Waals surface area contributed by atoms with Crippen LogP contribution in [-0.2, 0) is 9.59 Å². The molecule has 2 amide bonds. The summed E-state index contributed by atoms with van der Waals surface area (Å²) in [6.45, 7) is 7.41. The number of aryl methyl sites for hydroxylation is 2. The molecule has 1 atom stereocenters. The van der Waals surface area contributed by atoms with Crippen LogP contribution in [0.15, 0.2) is 47.0 Å². The Bertz CT molecular complexity index is 1310. The maximum absolute atomic E-state index is 13.3. The molecule has 0 spiro atoms. The maximum atomic E-state index is 13.3. The number of hydrogen-bond acceptors (Lipinski definition) is 6. The Morgan fingerprint density at radius 3 is 2.35 bits per heavy atom. The molecule has 6 rings (SSSR count). The van der Waals surface area contributed by atoms with Gasteiger partial charge in [0.15, 0.2) is 0 Å². The molecule has 0 radical (unpaired) electrons. The van der Waals surface area contributed by atoms with E-state index in [1.54, 1.807) is 4.90 Å². The SMILES string of the molecule is Cc1ccc(N2C[C@@H](C(=O)N3CCN(c4ccc(-c5noc(C6CCC6)n5)cc4)CC3)CC2=O)cc1C. The van der Waals surface area contributed by atoms with Crippen molar-refractivity contribution in [2.75, 3.05) is 42.5 Å². The van der Waals surface area contributed by atoms with Gasteiger partial charge in [-0.25, -0.2) is 0 Å². The monoisotopic (exact) mass is 499 g/mol. The Hall–Kier alpha value is -3.68. The van der Waals surface area contributed by atoms with E-state index in [9.17, 15) is 9.59 Å². The summed E-state index contributed by atoms with van der Waals surface area (Å²) >= 11 is 0. The third-order valence-corrected chi connectivity index (χ3v) is 8.25. The Kier molecular flexibility index (Phi) is 6.18. The van der Waals surface area contributed by atoms with Crippen LogP contribution in [0, 0.1) is 19.8 Å². The van der Waals surface area contributed by atoms with Gasteiger partial charge in [0.05, 0.1) is 5.92 Å². The number of hydrogen-bond donors (Lipinski definition) is 0. The van der Waals surface area contributed by atoms with Crippen LogP contribution < -0.4 is 9.80 Å². The fourth-order valence-electron chi connectivity index (χ4n) is 5.45. The minimum absolute atomic E-state index is 0.0294. The van der Waals surface area contributed by atoms with Crippen LogP contribution in [0.4, 0.5) is 11.4 Å². The van der Waals surface area contributed by atoms with Gasteiger partial charge in [-0.15, -0.1) is 0 Å². The second-order valence-corrected chi connectivity index (χ2v) is 10.6. The third-order valence-electron chi connectivity index (χ3n) is 8.25. The number of amides is 2. The van der Waals surface area contributed by atoms with Gasteiger partial charge < -0.3 is 19.2 Å².